The largest absolute Gasteiger partial charge is 0.497 e. The zero-order chi connectivity index (χ0) is 17.4. The Morgan fingerprint density at radius 1 is 1.00 bits per heavy atom. The second-order valence-corrected chi connectivity index (χ2v) is 6.46. The summed E-state index contributed by atoms with van der Waals surface area (Å²) in [6, 6.07) is 18.0. The lowest BCUT2D eigenvalue weighted by Crippen LogP contribution is -2.42. The maximum atomic E-state index is 12.0. The number of hydrogen-bond donors (Lipinski definition) is 2. The van der Waals surface area contributed by atoms with Gasteiger partial charge in [-0.1, -0.05) is 56.3 Å². The molecule has 0 aromatic heterocycles. The molecular weight excluding hydrogens is 300 g/mol. The van der Waals surface area contributed by atoms with Gasteiger partial charge in [-0.05, 0) is 29.7 Å². The lowest BCUT2D eigenvalue weighted by molar-refractivity contribution is 0.238. The van der Waals surface area contributed by atoms with Crippen LogP contribution in [0.25, 0.3) is 0 Å². The van der Waals surface area contributed by atoms with Crippen LogP contribution in [0.3, 0.4) is 0 Å². The Morgan fingerprint density at radius 2 is 1.67 bits per heavy atom. The number of ether oxygens (including phenoxy) is 1. The minimum Gasteiger partial charge on any atom is -0.497 e. The van der Waals surface area contributed by atoms with E-state index in [1.807, 2.05) is 42.5 Å². The van der Waals surface area contributed by atoms with Crippen molar-refractivity contribution < 1.29 is 9.53 Å². The van der Waals surface area contributed by atoms with Crippen LogP contribution in [0.2, 0.25) is 0 Å². The van der Waals surface area contributed by atoms with Crippen molar-refractivity contribution in [2.45, 2.75) is 25.7 Å². The first-order chi connectivity index (χ1) is 11.5. The number of amides is 2. The lowest BCUT2D eigenvalue weighted by Gasteiger charge is -2.25. The molecule has 24 heavy (non-hydrogen) atoms. The van der Waals surface area contributed by atoms with Crippen LogP contribution < -0.4 is 15.4 Å². The smallest absolute Gasteiger partial charge is 0.314 e. The van der Waals surface area contributed by atoms with Crippen LogP contribution in [-0.2, 0) is 11.8 Å². The van der Waals surface area contributed by atoms with E-state index in [2.05, 4.69) is 36.6 Å². The Kier molecular flexibility index (Phi) is 6.24. The minimum absolute atomic E-state index is 0.103. The molecule has 2 aromatic carbocycles. The van der Waals surface area contributed by atoms with Gasteiger partial charge in [0.05, 0.1) is 7.11 Å². The van der Waals surface area contributed by atoms with Crippen molar-refractivity contribution in [3.63, 3.8) is 0 Å². The van der Waals surface area contributed by atoms with Gasteiger partial charge in [0, 0.05) is 18.5 Å². The molecule has 128 valence electrons. The third-order valence-electron chi connectivity index (χ3n) is 4.10. The third kappa shape index (κ3) is 5.30. The number of nitrogens with one attached hydrogen (secondary N) is 2. The Labute approximate surface area is 144 Å². The molecule has 4 nitrogen and oxygen atoms in total. The fourth-order valence-corrected chi connectivity index (χ4v) is 2.47. The van der Waals surface area contributed by atoms with E-state index in [1.54, 1.807) is 7.11 Å². The third-order valence-corrected chi connectivity index (χ3v) is 4.10. The molecular formula is C20H26N2O2. The highest BCUT2D eigenvalue weighted by atomic mass is 16.5. The zero-order valence-corrected chi connectivity index (χ0v) is 14.6. The summed E-state index contributed by atoms with van der Waals surface area (Å²) in [7, 11) is 1.65. The van der Waals surface area contributed by atoms with Gasteiger partial charge in [-0.3, -0.25) is 0 Å². The predicted octanol–water partition coefficient (Wildman–Crippen LogP) is 3.51. The second kappa shape index (κ2) is 8.39. The number of carbonyl (C=O) groups excluding carboxylic acids is 1. The summed E-state index contributed by atoms with van der Waals surface area (Å²) in [5.41, 5.74) is 2.28. The van der Waals surface area contributed by atoms with Crippen LogP contribution in [0.1, 0.15) is 25.0 Å². The number of benzene rings is 2. The summed E-state index contributed by atoms with van der Waals surface area (Å²) in [4.78, 5) is 12.0. The van der Waals surface area contributed by atoms with E-state index >= 15 is 0 Å². The lowest BCUT2D eigenvalue weighted by atomic mass is 9.85. The molecule has 0 spiro atoms. The summed E-state index contributed by atoms with van der Waals surface area (Å²) in [5, 5.41) is 5.86. The van der Waals surface area contributed by atoms with Crippen molar-refractivity contribution in [2.75, 3.05) is 20.2 Å². The van der Waals surface area contributed by atoms with Crippen LogP contribution in [0, 0.1) is 0 Å². The Hall–Kier alpha value is -2.49. The Bertz CT molecular complexity index is 636. The molecule has 2 rings (SSSR count). The Morgan fingerprint density at radius 3 is 2.29 bits per heavy atom. The van der Waals surface area contributed by atoms with Crippen LogP contribution in [-0.4, -0.2) is 26.2 Å². The average Bonchev–Trinajstić information content (AvgIpc) is 2.61. The normalized spacial score (nSPS) is 11.0. The molecule has 0 radical (unpaired) electrons. The highest BCUT2D eigenvalue weighted by molar-refractivity contribution is 5.73. The van der Waals surface area contributed by atoms with Crippen molar-refractivity contribution in [3.05, 3.63) is 65.7 Å². The van der Waals surface area contributed by atoms with Crippen molar-refractivity contribution in [1.29, 1.82) is 0 Å². The molecule has 2 aromatic rings. The van der Waals surface area contributed by atoms with Gasteiger partial charge < -0.3 is 15.4 Å². The zero-order valence-electron chi connectivity index (χ0n) is 14.6. The minimum atomic E-state index is -0.132. The van der Waals surface area contributed by atoms with Crippen molar-refractivity contribution in [2.24, 2.45) is 0 Å². The quantitative estimate of drug-likeness (QED) is 0.818. The van der Waals surface area contributed by atoms with E-state index in [-0.39, 0.29) is 11.4 Å². The van der Waals surface area contributed by atoms with Crippen LogP contribution in [0.15, 0.2) is 54.6 Å². The van der Waals surface area contributed by atoms with Crippen molar-refractivity contribution in [1.82, 2.24) is 10.6 Å². The fourth-order valence-electron chi connectivity index (χ4n) is 2.47. The first-order valence-corrected chi connectivity index (χ1v) is 8.21. The maximum Gasteiger partial charge on any atom is 0.314 e. The summed E-state index contributed by atoms with van der Waals surface area (Å²) in [5.74, 6) is 0.840. The monoisotopic (exact) mass is 326 g/mol. The van der Waals surface area contributed by atoms with Crippen molar-refractivity contribution >= 4 is 6.03 Å². The second-order valence-electron chi connectivity index (χ2n) is 6.46. The van der Waals surface area contributed by atoms with Crippen LogP contribution in [0.4, 0.5) is 4.79 Å². The number of urea groups is 1. The van der Waals surface area contributed by atoms with Gasteiger partial charge in [0.25, 0.3) is 0 Å². The standard InChI is InChI=1S/C20H26N2O2/c1-20(2,17-7-5-4-6-8-17)15-22-19(23)21-14-13-16-9-11-18(24-3)12-10-16/h4-12H,13-15H2,1-3H3,(H2,21,22,23). The molecule has 0 unspecified atom stereocenters. The van der Waals surface area contributed by atoms with E-state index < -0.39 is 0 Å². The highest BCUT2D eigenvalue weighted by Gasteiger charge is 2.20. The summed E-state index contributed by atoms with van der Waals surface area (Å²) in [6.45, 7) is 5.44. The predicted molar refractivity (Wildman–Crippen MR) is 97.6 cm³/mol. The molecule has 0 fully saturated rings. The topological polar surface area (TPSA) is 50.4 Å². The SMILES string of the molecule is COc1ccc(CCNC(=O)NCC(C)(C)c2ccccc2)cc1. The van der Waals surface area contributed by atoms with Gasteiger partial charge in [0.1, 0.15) is 5.75 Å². The average molecular weight is 326 g/mol. The summed E-state index contributed by atoms with van der Waals surface area (Å²) < 4.78 is 5.13. The van der Waals surface area contributed by atoms with E-state index in [0.717, 1.165) is 12.2 Å². The van der Waals surface area contributed by atoms with E-state index in [9.17, 15) is 4.79 Å². The molecule has 2 amide bonds. The van der Waals surface area contributed by atoms with Gasteiger partial charge in [0.2, 0.25) is 0 Å². The molecule has 0 heterocycles. The molecule has 0 bridgehead atoms. The molecule has 0 saturated carbocycles. The first-order valence-electron chi connectivity index (χ1n) is 8.21. The van der Waals surface area contributed by atoms with Crippen molar-refractivity contribution in [3.8, 4) is 5.75 Å². The van der Waals surface area contributed by atoms with Gasteiger partial charge in [-0.25, -0.2) is 4.79 Å². The van der Waals surface area contributed by atoms with E-state index in [0.29, 0.717) is 13.1 Å². The molecule has 0 saturated heterocycles. The van der Waals surface area contributed by atoms with Crippen LogP contribution in [0.5, 0.6) is 5.75 Å². The van der Waals surface area contributed by atoms with Gasteiger partial charge in [-0.2, -0.15) is 0 Å². The number of rotatable bonds is 7. The molecule has 4 heteroatoms. The fraction of sp³-hybridized carbons (Fsp3) is 0.350. The van der Waals surface area contributed by atoms with Crippen LogP contribution >= 0.6 is 0 Å². The van der Waals surface area contributed by atoms with Gasteiger partial charge in [-0.15, -0.1) is 0 Å². The molecule has 0 aliphatic heterocycles. The van der Waals surface area contributed by atoms with E-state index in [1.165, 1.54) is 11.1 Å². The van der Waals surface area contributed by atoms with E-state index in [4.69, 9.17) is 4.74 Å². The van der Waals surface area contributed by atoms with Gasteiger partial charge >= 0.3 is 6.03 Å². The molecule has 2 N–H and O–H groups in total. The number of carbonyl (C=O) groups is 1. The maximum absolute atomic E-state index is 12.0. The summed E-state index contributed by atoms with van der Waals surface area (Å²) >= 11 is 0. The molecule has 0 aliphatic carbocycles. The number of hydrogen-bond acceptors (Lipinski definition) is 2. The Balaban J connectivity index is 1.73. The van der Waals surface area contributed by atoms with Gasteiger partial charge in [0.15, 0.2) is 0 Å². The molecule has 0 aliphatic rings. The molecule has 0 atom stereocenters. The highest BCUT2D eigenvalue weighted by Crippen LogP contribution is 2.21. The summed E-state index contributed by atoms with van der Waals surface area (Å²) in [6.07, 6.45) is 0.791. The first kappa shape index (κ1) is 17.9. The number of methoxy groups -OCH3 is 1.